The second-order valence-electron chi connectivity index (χ2n) is 6.14. The Balaban J connectivity index is 1.54. The number of aryl methyl sites for hydroxylation is 1. The highest BCUT2D eigenvalue weighted by Crippen LogP contribution is 2.30. The van der Waals surface area contributed by atoms with Gasteiger partial charge in [-0.2, -0.15) is 0 Å². The van der Waals surface area contributed by atoms with Crippen LogP contribution in [0, 0.1) is 0 Å². The standard InChI is InChI=1S/C17H20N4O3/c1-20-11-18-19-16(20)14-10-21(7-9-23-14)17(22)15-13-5-3-2-4-12(13)6-8-24-15/h2-5,11,14-15H,6-10H2,1H3/t14-,15-/m0/s1. The van der Waals surface area contributed by atoms with Gasteiger partial charge in [0, 0.05) is 13.6 Å². The van der Waals surface area contributed by atoms with Crippen molar-refractivity contribution in [1.82, 2.24) is 19.7 Å². The summed E-state index contributed by atoms with van der Waals surface area (Å²) >= 11 is 0. The van der Waals surface area contributed by atoms with E-state index in [4.69, 9.17) is 9.47 Å². The first-order valence-electron chi connectivity index (χ1n) is 8.17. The predicted octanol–water partition coefficient (Wildman–Crippen LogP) is 1.03. The molecule has 4 rings (SSSR count). The van der Waals surface area contributed by atoms with Gasteiger partial charge in [-0.1, -0.05) is 24.3 Å². The topological polar surface area (TPSA) is 69.5 Å². The van der Waals surface area contributed by atoms with Gasteiger partial charge in [-0.15, -0.1) is 10.2 Å². The van der Waals surface area contributed by atoms with Crippen LogP contribution in [-0.4, -0.2) is 51.9 Å². The molecule has 0 aliphatic carbocycles. The van der Waals surface area contributed by atoms with Gasteiger partial charge in [0.1, 0.15) is 12.4 Å². The van der Waals surface area contributed by atoms with E-state index in [0.717, 1.165) is 17.8 Å². The van der Waals surface area contributed by atoms with Gasteiger partial charge >= 0.3 is 0 Å². The number of nitrogens with zero attached hydrogens (tertiary/aromatic N) is 4. The number of hydrogen-bond donors (Lipinski definition) is 0. The first-order valence-corrected chi connectivity index (χ1v) is 8.17. The molecule has 0 N–H and O–H groups in total. The van der Waals surface area contributed by atoms with Gasteiger partial charge in [0.15, 0.2) is 11.9 Å². The molecule has 0 bridgehead atoms. The van der Waals surface area contributed by atoms with E-state index in [1.54, 1.807) is 6.33 Å². The number of morpholine rings is 1. The van der Waals surface area contributed by atoms with Crippen LogP contribution >= 0.6 is 0 Å². The lowest BCUT2D eigenvalue weighted by Gasteiger charge is -2.35. The molecule has 1 saturated heterocycles. The van der Waals surface area contributed by atoms with E-state index in [-0.39, 0.29) is 12.0 Å². The average Bonchev–Trinajstić information content (AvgIpc) is 3.07. The molecule has 1 aromatic heterocycles. The summed E-state index contributed by atoms with van der Waals surface area (Å²) in [5.74, 6) is 0.732. The Morgan fingerprint density at radius 1 is 1.25 bits per heavy atom. The lowest BCUT2D eigenvalue weighted by molar-refractivity contribution is -0.153. The lowest BCUT2D eigenvalue weighted by Crippen LogP contribution is -2.46. The molecule has 3 heterocycles. The van der Waals surface area contributed by atoms with Crippen molar-refractivity contribution in [3.8, 4) is 0 Å². The van der Waals surface area contributed by atoms with E-state index in [9.17, 15) is 4.79 Å². The fourth-order valence-electron chi connectivity index (χ4n) is 3.35. The van der Waals surface area contributed by atoms with Crippen molar-refractivity contribution >= 4 is 5.91 Å². The molecule has 0 spiro atoms. The summed E-state index contributed by atoms with van der Waals surface area (Å²) in [6.45, 7) is 2.09. The highest BCUT2D eigenvalue weighted by atomic mass is 16.5. The molecule has 7 heteroatoms. The summed E-state index contributed by atoms with van der Waals surface area (Å²) in [5.41, 5.74) is 2.18. The summed E-state index contributed by atoms with van der Waals surface area (Å²) in [7, 11) is 1.87. The monoisotopic (exact) mass is 328 g/mol. The Labute approximate surface area is 140 Å². The van der Waals surface area contributed by atoms with Crippen molar-refractivity contribution in [3.63, 3.8) is 0 Å². The lowest BCUT2D eigenvalue weighted by atomic mass is 9.96. The molecule has 2 atom stereocenters. The maximum atomic E-state index is 13.0. The quantitative estimate of drug-likeness (QED) is 0.823. The van der Waals surface area contributed by atoms with Gasteiger partial charge in [-0.25, -0.2) is 0 Å². The summed E-state index contributed by atoms with van der Waals surface area (Å²) in [4.78, 5) is 14.8. The summed E-state index contributed by atoms with van der Waals surface area (Å²) in [5, 5.41) is 7.99. The zero-order valence-electron chi connectivity index (χ0n) is 13.6. The minimum absolute atomic E-state index is 0.00221. The van der Waals surface area contributed by atoms with Crippen LogP contribution in [0.2, 0.25) is 0 Å². The summed E-state index contributed by atoms with van der Waals surface area (Å²) in [6, 6.07) is 8.01. The Morgan fingerprint density at radius 3 is 2.96 bits per heavy atom. The Morgan fingerprint density at radius 2 is 2.12 bits per heavy atom. The number of aromatic nitrogens is 3. The van der Waals surface area contributed by atoms with Crippen LogP contribution in [0.4, 0.5) is 0 Å². The number of rotatable bonds is 2. The third-order valence-corrected chi connectivity index (χ3v) is 4.63. The molecule has 24 heavy (non-hydrogen) atoms. The average molecular weight is 328 g/mol. The molecule has 1 amide bonds. The molecular formula is C17H20N4O3. The number of ether oxygens (including phenoxy) is 2. The molecule has 7 nitrogen and oxygen atoms in total. The van der Waals surface area contributed by atoms with Crippen LogP contribution in [0.1, 0.15) is 29.2 Å². The fraction of sp³-hybridized carbons (Fsp3) is 0.471. The molecule has 1 aromatic carbocycles. The van der Waals surface area contributed by atoms with Crippen LogP contribution in [0.3, 0.4) is 0 Å². The Hall–Kier alpha value is -2.25. The van der Waals surface area contributed by atoms with Crippen molar-refractivity contribution in [2.75, 3.05) is 26.3 Å². The second kappa shape index (κ2) is 6.33. The molecular weight excluding hydrogens is 308 g/mol. The number of carbonyl (C=O) groups is 1. The highest BCUT2D eigenvalue weighted by Gasteiger charge is 2.35. The van der Waals surface area contributed by atoms with Gasteiger partial charge in [0.2, 0.25) is 0 Å². The molecule has 0 saturated carbocycles. The van der Waals surface area contributed by atoms with Gasteiger partial charge in [-0.05, 0) is 17.5 Å². The number of hydrogen-bond acceptors (Lipinski definition) is 5. The third kappa shape index (κ3) is 2.70. The van der Waals surface area contributed by atoms with E-state index >= 15 is 0 Å². The number of carbonyl (C=O) groups excluding carboxylic acids is 1. The van der Waals surface area contributed by atoms with Gasteiger partial charge < -0.3 is 18.9 Å². The van der Waals surface area contributed by atoms with Crippen molar-refractivity contribution in [2.24, 2.45) is 7.05 Å². The largest absolute Gasteiger partial charge is 0.366 e. The summed E-state index contributed by atoms with van der Waals surface area (Å²) < 4.78 is 13.4. The molecule has 0 unspecified atom stereocenters. The van der Waals surface area contributed by atoms with Gasteiger partial charge in [-0.3, -0.25) is 4.79 Å². The van der Waals surface area contributed by atoms with Crippen LogP contribution in [0.5, 0.6) is 0 Å². The van der Waals surface area contributed by atoms with E-state index in [2.05, 4.69) is 16.3 Å². The number of amides is 1. The first kappa shape index (κ1) is 15.3. The predicted molar refractivity (Wildman–Crippen MR) is 85.1 cm³/mol. The minimum atomic E-state index is -0.520. The minimum Gasteiger partial charge on any atom is -0.366 e. The molecule has 0 radical (unpaired) electrons. The maximum absolute atomic E-state index is 13.0. The molecule has 126 valence electrons. The van der Waals surface area contributed by atoms with Crippen molar-refractivity contribution < 1.29 is 14.3 Å². The Bertz CT molecular complexity index is 745. The van der Waals surface area contributed by atoms with Crippen molar-refractivity contribution in [2.45, 2.75) is 18.6 Å². The second-order valence-corrected chi connectivity index (χ2v) is 6.14. The molecule has 2 aliphatic heterocycles. The zero-order valence-corrected chi connectivity index (χ0v) is 13.6. The molecule has 1 fully saturated rings. The normalized spacial score (nSPS) is 23.8. The number of benzene rings is 1. The van der Waals surface area contributed by atoms with E-state index in [1.165, 1.54) is 5.56 Å². The highest BCUT2D eigenvalue weighted by molar-refractivity contribution is 5.83. The summed E-state index contributed by atoms with van der Waals surface area (Å²) in [6.07, 6.45) is 1.71. The van der Waals surface area contributed by atoms with E-state index < -0.39 is 6.10 Å². The third-order valence-electron chi connectivity index (χ3n) is 4.63. The first-order chi connectivity index (χ1) is 11.7. The fourth-order valence-corrected chi connectivity index (χ4v) is 3.35. The van der Waals surface area contributed by atoms with Crippen molar-refractivity contribution in [1.29, 1.82) is 0 Å². The smallest absolute Gasteiger partial charge is 0.256 e. The van der Waals surface area contributed by atoms with Crippen LogP contribution in [0.25, 0.3) is 0 Å². The van der Waals surface area contributed by atoms with E-state index in [0.29, 0.717) is 26.3 Å². The maximum Gasteiger partial charge on any atom is 0.256 e. The van der Waals surface area contributed by atoms with Crippen LogP contribution in [-0.2, 0) is 27.7 Å². The zero-order chi connectivity index (χ0) is 16.5. The SMILES string of the molecule is Cn1cnnc1[C@@H]1CN(C(=O)[C@H]2OCCc3ccccc32)CCO1. The number of fused-ring (bicyclic) bond motifs is 1. The van der Waals surface area contributed by atoms with Crippen molar-refractivity contribution in [3.05, 3.63) is 47.5 Å². The van der Waals surface area contributed by atoms with Gasteiger partial charge in [0.05, 0.1) is 19.8 Å². The Kier molecular flexibility index (Phi) is 4.03. The van der Waals surface area contributed by atoms with Crippen LogP contribution < -0.4 is 0 Å². The molecule has 2 aromatic rings. The van der Waals surface area contributed by atoms with Crippen LogP contribution in [0.15, 0.2) is 30.6 Å². The van der Waals surface area contributed by atoms with Gasteiger partial charge in [0.25, 0.3) is 5.91 Å². The van der Waals surface area contributed by atoms with E-state index in [1.807, 2.05) is 34.7 Å². The molecule has 2 aliphatic rings.